The average Bonchev–Trinajstić information content (AvgIpc) is 2.36. The van der Waals surface area contributed by atoms with Gasteiger partial charge in [-0.2, -0.15) is 0 Å². The van der Waals surface area contributed by atoms with E-state index in [0.29, 0.717) is 5.56 Å². The molecule has 5 heteroatoms. The van der Waals surface area contributed by atoms with E-state index in [2.05, 4.69) is 9.73 Å². The van der Waals surface area contributed by atoms with Crippen molar-refractivity contribution in [2.75, 3.05) is 13.7 Å². The summed E-state index contributed by atoms with van der Waals surface area (Å²) in [5.41, 5.74) is 0.400. The van der Waals surface area contributed by atoms with E-state index in [1.165, 1.54) is 7.11 Å². The molecule has 1 aromatic carbocycles. The Labute approximate surface area is 99.1 Å². The van der Waals surface area contributed by atoms with Crippen molar-refractivity contribution in [2.45, 2.75) is 6.92 Å². The number of ether oxygens (including phenoxy) is 2. The van der Waals surface area contributed by atoms with E-state index in [1.807, 2.05) is 0 Å². The van der Waals surface area contributed by atoms with E-state index >= 15 is 0 Å². The lowest BCUT2D eigenvalue weighted by Gasteiger charge is -2.03. The van der Waals surface area contributed by atoms with Crippen LogP contribution in [0.1, 0.15) is 17.3 Å². The van der Waals surface area contributed by atoms with Gasteiger partial charge in [-0.3, -0.25) is 4.79 Å². The van der Waals surface area contributed by atoms with Crippen LogP contribution >= 0.6 is 0 Å². The van der Waals surface area contributed by atoms with Crippen LogP contribution in [0.5, 0.6) is 0 Å². The predicted molar refractivity (Wildman–Crippen MR) is 62.2 cm³/mol. The zero-order chi connectivity index (χ0) is 12.7. The third kappa shape index (κ3) is 3.71. The highest BCUT2D eigenvalue weighted by Gasteiger charge is 2.16. The zero-order valence-electron chi connectivity index (χ0n) is 9.67. The molecule has 0 unspecified atom stereocenters. The number of amides is 1. The third-order valence-electron chi connectivity index (χ3n) is 1.88. The second kappa shape index (κ2) is 6.42. The van der Waals surface area contributed by atoms with Gasteiger partial charge in [0.15, 0.2) is 0 Å². The molecule has 0 N–H and O–H groups in total. The molecule has 0 fully saturated rings. The van der Waals surface area contributed by atoms with Gasteiger partial charge in [-0.1, -0.05) is 30.3 Å². The number of nitrogens with zero attached hydrogens (tertiary/aromatic N) is 1. The van der Waals surface area contributed by atoms with Gasteiger partial charge in [0.1, 0.15) is 0 Å². The van der Waals surface area contributed by atoms with Crippen molar-refractivity contribution in [3.05, 3.63) is 35.9 Å². The summed E-state index contributed by atoms with van der Waals surface area (Å²) < 4.78 is 9.38. The van der Waals surface area contributed by atoms with Crippen molar-refractivity contribution in [1.82, 2.24) is 0 Å². The quantitative estimate of drug-likeness (QED) is 0.457. The first-order valence-corrected chi connectivity index (χ1v) is 5.08. The fourth-order valence-electron chi connectivity index (χ4n) is 1.14. The van der Waals surface area contributed by atoms with Gasteiger partial charge in [0.2, 0.25) is 5.78 Å². The molecule has 0 heterocycles. The largest absolute Gasteiger partial charge is 0.478 e. The van der Waals surface area contributed by atoms with Crippen LogP contribution in [0.15, 0.2) is 35.3 Å². The van der Waals surface area contributed by atoms with Crippen molar-refractivity contribution in [2.24, 2.45) is 4.99 Å². The second-order valence-corrected chi connectivity index (χ2v) is 3.02. The van der Waals surface area contributed by atoms with Gasteiger partial charge in [-0.25, -0.2) is 4.79 Å². The summed E-state index contributed by atoms with van der Waals surface area (Å²) in [6, 6.07) is 8.44. The van der Waals surface area contributed by atoms with E-state index in [4.69, 9.17) is 4.74 Å². The number of carbonyl (C=O) groups is 2. The van der Waals surface area contributed by atoms with Crippen molar-refractivity contribution < 1.29 is 19.1 Å². The fourth-order valence-corrected chi connectivity index (χ4v) is 1.14. The smallest absolute Gasteiger partial charge is 0.437 e. The molecular weight excluding hydrogens is 222 g/mol. The van der Waals surface area contributed by atoms with Crippen LogP contribution in [0.3, 0.4) is 0 Å². The Balaban J connectivity index is 2.88. The Kier molecular flexibility index (Phi) is 4.87. The number of aliphatic imine (C=N–C) groups is 1. The molecule has 0 spiro atoms. The molecule has 0 saturated heterocycles. The molecule has 90 valence electrons. The van der Waals surface area contributed by atoms with Crippen molar-refractivity contribution >= 4 is 17.8 Å². The number of ketones is 1. The van der Waals surface area contributed by atoms with Crippen LogP contribution in [0, 0.1) is 0 Å². The molecule has 0 atom stereocenters. The highest BCUT2D eigenvalue weighted by Crippen LogP contribution is 2.02. The minimum absolute atomic E-state index is 0.193. The summed E-state index contributed by atoms with van der Waals surface area (Å²) in [7, 11) is 1.28. The Bertz CT molecular complexity index is 425. The molecular formula is C12H13NO4. The normalized spacial score (nSPS) is 10.8. The molecule has 0 bridgehead atoms. The lowest BCUT2D eigenvalue weighted by Crippen LogP contribution is -2.18. The molecule has 1 amide bonds. The number of rotatable bonds is 3. The van der Waals surface area contributed by atoms with Gasteiger partial charge >= 0.3 is 6.09 Å². The Hall–Kier alpha value is -2.17. The molecule has 5 nitrogen and oxygen atoms in total. The summed E-state index contributed by atoms with van der Waals surface area (Å²) in [6.45, 7) is 1.85. The van der Waals surface area contributed by atoms with Gasteiger partial charge < -0.3 is 9.47 Å². The Morgan fingerprint density at radius 3 is 2.41 bits per heavy atom. The highest BCUT2D eigenvalue weighted by atomic mass is 16.6. The number of carbonyl (C=O) groups excluding carboxylic acids is 2. The van der Waals surface area contributed by atoms with Gasteiger partial charge in [0, 0.05) is 5.56 Å². The summed E-state index contributed by atoms with van der Waals surface area (Å²) in [5, 5.41) is 0. The van der Waals surface area contributed by atoms with Crippen LogP contribution in [0.4, 0.5) is 4.79 Å². The number of methoxy groups -OCH3 is 1. The maximum absolute atomic E-state index is 11.9. The standard InChI is InChI=1S/C12H13NO4/c1-3-17-12(15)13-11(16-2)10(14)9-7-5-4-6-8-9/h4-8H,3H2,1-2H3/b13-11-. The SMILES string of the molecule is CCOC(=O)/N=C(\OC)C(=O)c1ccccc1. The fraction of sp³-hybridized carbons (Fsp3) is 0.250. The van der Waals surface area contributed by atoms with E-state index in [9.17, 15) is 9.59 Å². The van der Waals surface area contributed by atoms with Crippen LogP contribution in [-0.2, 0) is 9.47 Å². The molecule has 0 aliphatic carbocycles. The summed E-state index contributed by atoms with van der Waals surface area (Å²) in [6.07, 6.45) is -0.839. The number of Topliss-reactive ketones (excluding diaryl/α,β-unsaturated/α-hetero) is 1. The van der Waals surface area contributed by atoms with Crippen molar-refractivity contribution in [3.8, 4) is 0 Å². The Morgan fingerprint density at radius 2 is 1.88 bits per heavy atom. The third-order valence-corrected chi connectivity index (χ3v) is 1.88. The van der Waals surface area contributed by atoms with E-state index in [-0.39, 0.29) is 12.5 Å². The zero-order valence-corrected chi connectivity index (χ0v) is 9.67. The molecule has 17 heavy (non-hydrogen) atoms. The molecule has 0 radical (unpaired) electrons. The van der Waals surface area contributed by atoms with E-state index < -0.39 is 11.9 Å². The lowest BCUT2D eigenvalue weighted by molar-refractivity contribution is 0.103. The van der Waals surface area contributed by atoms with Crippen molar-refractivity contribution in [1.29, 1.82) is 0 Å². The van der Waals surface area contributed by atoms with Gasteiger partial charge in [-0.15, -0.1) is 4.99 Å². The van der Waals surface area contributed by atoms with Gasteiger partial charge in [-0.05, 0) is 6.92 Å². The number of benzene rings is 1. The maximum atomic E-state index is 11.9. The van der Waals surface area contributed by atoms with E-state index in [0.717, 1.165) is 0 Å². The summed E-state index contributed by atoms with van der Waals surface area (Å²) >= 11 is 0. The second-order valence-electron chi connectivity index (χ2n) is 3.02. The number of hydrogen-bond donors (Lipinski definition) is 0. The Morgan fingerprint density at radius 1 is 1.24 bits per heavy atom. The molecule has 0 aromatic heterocycles. The van der Waals surface area contributed by atoms with Crippen LogP contribution < -0.4 is 0 Å². The van der Waals surface area contributed by atoms with Crippen molar-refractivity contribution in [3.63, 3.8) is 0 Å². The van der Waals surface area contributed by atoms with Gasteiger partial charge in [0.25, 0.3) is 5.90 Å². The number of hydrogen-bond acceptors (Lipinski definition) is 4. The maximum Gasteiger partial charge on any atom is 0.437 e. The first-order valence-electron chi connectivity index (χ1n) is 5.08. The molecule has 0 aliphatic rings. The molecule has 0 saturated carbocycles. The average molecular weight is 235 g/mol. The minimum atomic E-state index is -0.839. The van der Waals surface area contributed by atoms with Crippen LogP contribution in [0.25, 0.3) is 0 Å². The predicted octanol–water partition coefficient (Wildman–Crippen LogP) is 2.07. The monoisotopic (exact) mass is 235 g/mol. The first-order chi connectivity index (χ1) is 8.19. The van der Waals surface area contributed by atoms with Crippen LogP contribution in [0.2, 0.25) is 0 Å². The molecule has 1 aromatic rings. The molecule has 1 rings (SSSR count). The summed E-state index contributed by atoms with van der Waals surface area (Å²) in [5.74, 6) is -0.740. The molecule has 0 aliphatic heterocycles. The van der Waals surface area contributed by atoms with E-state index in [1.54, 1.807) is 37.3 Å². The summed E-state index contributed by atoms with van der Waals surface area (Å²) in [4.78, 5) is 26.4. The van der Waals surface area contributed by atoms with Crippen LogP contribution in [-0.4, -0.2) is 31.5 Å². The minimum Gasteiger partial charge on any atom is -0.478 e. The topological polar surface area (TPSA) is 65.0 Å². The highest BCUT2D eigenvalue weighted by molar-refractivity contribution is 6.43. The lowest BCUT2D eigenvalue weighted by atomic mass is 10.1. The van der Waals surface area contributed by atoms with Gasteiger partial charge in [0.05, 0.1) is 13.7 Å². The first kappa shape index (κ1) is 12.9.